The molecule has 2 N–H and O–H groups in total. The number of hydrogen-bond acceptors (Lipinski definition) is 7. The van der Waals surface area contributed by atoms with E-state index >= 15 is 0 Å². The molecular weight excluding hydrogens is 260 g/mol. The van der Waals surface area contributed by atoms with Gasteiger partial charge in [-0.2, -0.15) is 4.98 Å². The summed E-state index contributed by atoms with van der Waals surface area (Å²) in [6, 6.07) is 1.73. The van der Waals surface area contributed by atoms with Crippen molar-refractivity contribution in [1.82, 2.24) is 15.3 Å². The van der Waals surface area contributed by atoms with Crippen LogP contribution in [0.15, 0.2) is 15.1 Å². The molecule has 0 saturated heterocycles. The lowest BCUT2D eigenvalue weighted by Gasteiger charge is -2.29. The van der Waals surface area contributed by atoms with E-state index in [0.717, 1.165) is 12.8 Å². The van der Waals surface area contributed by atoms with Gasteiger partial charge in [0.05, 0.1) is 12.7 Å². The Kier molecular flexibility index (Phi) is 3.31. The average Bonchev–Trinajstić information content (AvgIpc) is 2.94. The first kappa shape index (κ1) is 13.3. The second-order valence-electron chi connectivity index (χ2n) is 5.53. The van der Waals surface area contributed by atoms with Crippen LogP contribution in [0.4, 0.5) is 0 Å². The van der Waals surface area contributed by atoms with Crippen molar-refractivity contribution in [3.63, 3.8) is 0 Å². The second-order valence-corrected chi connectivity index (χ2v) is 5.53. The van der Waals surface area contributed by atoms with E-state index < -0.39 is 5.54 Å². The zero-order chi connectivity index (χ0) is 14.2. The minimum atomic E-state index is -0.782. The van der Waals surface area contributed by atoms with Crippen LogP contribution in [-0.4, -0.2) is 28.0 Å². The molecule has 1 aliphatic carbocycles. The quantitative estimate of drug-likeness (QED) is 0.889. The van der Waals surface area contributed by atoms with Crippen molar-refractivity contribution < 1.29 is 13.8 Å². The molecule has 7 nitrogen and oxygen atoms in total. The van der Waals surface area contributed by atoms with E-state index in [4.69, 9.17) is 19.5 Å². The van der Waals surface area contributed by atoms with E-state index in [9.17, 15) is 0 Å². The van der Waals surface area contributed by atoms with Crippen LogP contribution in [0.3, 0.4) is 0 Å². The molecule has 0 aliphatic heterocycles. The summed E-state index contributed by atoms with van der Waals surface area (Å²) in [7, 11) is 0. The van der Waals surface area contributed by atoms with Crippen LogP contribution in [0.1, 0.15) is 37.8 Å². The molecule has 108 valence electrons. The molecule has 7 heteroatoms. The van der Waals surface area contributed by atoms with E-state index in [1.807, 2.05) is 6.92 Å². The summed E-state index contributed by atoms with van der Waals surface area (Å²) in [5.74, 6) is 1.40. The molecule has 1 fully saturated rings. The molecule has 2 aromatic heterocycles. The van der Waals surface area contributed by atoms with Crippen LogP contribution in [0.5, 0.6) is 0 Å². The first-order chi connectivity index (χ1) is 9.54. The van der Waals surface area contributed by atoms with Crippen molar-refractivity contribution in [3.8, 4) is 11.6 Å². The van der Waals surface area contributed by atoms with Gasteiger partial charge in [0.25, 0.3) is 5.89 Å². The Balaban J connectivity index is 1.71. The van der Waals surface area contributed by atoms with Gasteiger partial charge in [-0.1, -0.05) is 10.3 Å². The fourth-order valence-corrected chi connectivity index (χ4v) is 1.92. The number of aromatic nitrogens is 3. The van der Waals surface area contributed by atoms with Gasteiger partial charge in [-0.15, -0.1) is 0 Å². The minimum absolute atomic E-state index is 0.303. The number of ether oxygens (including phenoxy) is 1. The Bertz CT molecular complexity index is 586. The van der Waals surface area contributed by atoms with Gasteiger partial charge in [-0.3, -0.25) is 0 Å². The molecule has 1 saturated carbocycles. The number of nitrogens with two attached hydrogens (primary N) is 1. The number of aryl methyl sites for hydroxylation is 1. The Morgan fingerprint density at radius 1 is 1.40 bits per heavy atom. The van der Waals surface area contributed by atoms with Gasteiger partial charge in [0.1, 0.15) is 11.3 Å². The van der Waals surface area contributed by atoms with Crippen molar-refractivity contribution in [3.05, 3.63) is 17.7 Å². The van der Waals surface area contributed by atoms with E-state index in [1.165, 1.54) is 6.42 Å². The van der Waals surface area contributed by atoms with Crippen LogP contribution in [0.2, 0.25) is 0 Å². The smallest absolute Gasteiger partial charge is 0.280 e. The van der Waals surface area contributed by atoms with E-state index in [1.54, 1.807) is 13.0 Å². The number of rotatable bonds is 5. The van der Waals surface area contributed by atoms with Crippen molar-refractivity contribution in [2.45, 2.75) is 44.8 Å². The lowest BCUT2D eigenvalue weighted by atomic mass is 9.95. The molecule has 0 aromatic carbocycles. The molecule has 2 heterocycles. The molecule has 0 radical (unpaired) electrons. The molecule has 2 aromatic rings. The van der Waals surface area contributed by atoms with Crippen molar-refractivity contribution >= 4 is 0 Å². The highest BCUT2D eigenvalue weighted by Crippen LogP contribution is 2.25. The standard InChI is InChI=1S/C13H18N4O3/c1-8-6-10(16-19-8)11-15-12(17-20-11)13(2,14)7-18-9-4-3-5-9/h6,9H,3-5,7,14H2,1-2H3. The molecule has 0 bridgehead atoms. The van der Waals surface area contributed by atoms with E-state index in [-0.39, 0.29) is 0 Å². The molecule has 0 spiro atoms. The summed E-state index contributed by atoms with van der Waals surface area (Å²) in [6.45, 7) is 4.00. The number of nitrogens with zero attached hydrogens (tertiary/aromatic N) is 3. The molecule has 20 heavy (non-hydrogen) atoms. The highest BCUT2D eigenvalue weighted by molar-refractivity contribution is 5.45. The highest BCUT2D eigenvalue weighted by Gasteiger charge is 2.31. The van der Waals surface area contributed by atoms with Gasteiger partial charge < -0.3 is 19.5 Å². The maximum absolute atomic E-state index is 6.21. The average molecular weight is 278 g/mol. The maximum Gasteiger partial charge on any atom is 0.280 e. The van der Waals surface area contributed by atoms with Gasteiger partial charge in [0.2, 0.25) is 0 Å². The molecule has 1 unspecified atom stereocenters. The third-order valence-corrected chi connectivity index (χ3v) is 3.46. The largest absolute Gasteiger partial charge is 0.376 e. The lowest BCUT2D eigenvalue weighted by molar-refractivity contribution is -0.0222. The molecular formula is C13H18N4O3. The van der Waals surface area contributed by atoms with Gasteiger partial charge in [-0.05, 0) is 33.1 Å². The third-order valence-electron chi connectivity index (χ3n) is 3.46. The van der Waals surface area contributed by atoms with Crippen LogP contribution in [-0.2, 0) is 10.3 Å². The van der Waals surface area contributed by atoms with Crippen molar-refractivity contribution in [2.75, 3.05) is 6.61 Å². The van der Waals surface area contributed by atoms with Crippen LogP contribution < -0.4 is 5.73 Å². The third kappa shape index (κ3) is 2.59. The number of hydrogen-bond donors (Lipinski definition) is 1. The molecule has 0 amide bonds. The molecule has 1 atom stereocenters. The minimum Gasteiger partial charge on any atom is -0.376 e. The summed E-state index contributed by atoms with van der Waals surface area (Å²) in [6.07, 6.45) is 3.75. The second kappa shape index (κ2) is 4.99. The maximum atomic E-state index is 6.21. The summed E-state index contributed by atoms with van der Waals surface area (Å²) in [5, 5.41) is 7.76. The molecule has 1 aliphatic rings. The van der Waals surface area contributed by atoms with Gasteiger partial charge in [-0.25, -0.2) is 0 Å². The van der Waals surface area contributed by atoms with E-state index in [0.29, 0.717) is 35.9 Å². The van der Waals surface area contributed by atoms with Gasteiger partial charge in [0.15, 0.2) is 11.5 Å². The van der Waals surface area contributed by atoms with Crippen molar-refractivity contribution in [1.29, 1.82) is 0 Å². The fourth-order valence-electron chi connectivity index (χ4n) is 1.92. The Hall–Kier alpha value is -1.73. The topological polar surface area (TPSA) is 100 Å². The fraction of sp³-hybridized carbons (Fsp3) is 0.615. The van der Waals surface area contributed by atoms with Crippen LogP contribution in [0, 0.1) is 6.92 Å². The monoisotopic (exact) mass is 278 g/mol. The van der Waals surface area contributed by atoms with Gasteiger partial charge in [0, 0.05) is 6.07 Å². The Morgan fingerprint density at radius 2 is 2.20 bits per heavy atom. The predicted octanol–water partition coefficient (Wildman–Crippen LogP) is 1.78. The highest BCUT2D eigenvalue weighted by atomic mass is 16.5. The van der Waals surface area contributed by atoms with Crippen LogP contribution in [0.25, 0.3) is 11.6 Å². The van der Waals surface area contributed by atoms with Crippen LogP contribution >= 0.6 is 0 Å². The predicted molar refractivity (Wildman–Crippen MR) is 69.7 cm³/mol. The lowest BCUT2D eigenvalue weighted by Crippen LogP contribution is -2.41. The first-order valence-corrected chi connectivity index (χ1v) is 6.73. The summed E-state index contributed by atoms with van der Waals surface area (Å²) >= 11 is 0. The first-order valence-electron chi connectivity index (χ1n) is 6.73. The van der Waals surface area contributed by atoms with E-state index in [2.05, 4.69) is 15.3 Å². The summed E-state index contributed by atoms with van der Waals surface area (Å²) < 4.78 is 15.9. The SMILES string of the molecule is Cc1cc(-c2nc(C(C)(N)COC3CCC3)no2)no1. The normalized spacial score (nSPS) is 18.8. The Morgan fingerprint density at radius 3 is 2.80 bits per heavy atom. The summed E-state index contributed by atoms with van der Waals surface area (Å²) in [4.78, 5) is 4.28. The van der Waals surface area contributed by atoms with Gasteiger partial charge >= 0.3 is 0 Å². The summed E-state index contributed by atoms with van der Waals surface area (Å²) in [5.41, 5.74) is 5.94. The Labute approximate surface area is 116 Å². The molecule has 3 rings (SSSR count). The zero-order valence-electron chi connectivity index (χ0n) is 11.6. The van der Waals surface area contributed by atoms with Crippen molar-refractivity contribution in [2.24, 2.45) is 5.73 Å². The zero-order valence-corrected chi connectivity index (χ0v) is 11.6.